The van der Waals surface area contributed by atoms with Crippen LogP contribution in [0.15, 0.2) is 59.4 Å². The van der Waals surface area contributed by atoms with Crippen LogP contribution >= 0.6 is 0 Å². The molecule has 0 aliphatic carbocycles. The third-order valence-electron chi connectivity index (χ3n) is 5.40. The quantitative estimate of drug-likeness (QED) is 0.639. The Hall–Kier alpha value is -3.61. The number of hydrogen-bond acceptors (Lipinski definition) is 5. The average molecular weight is 418 g/mol. The predicted octanol–water partition coefficient (Wildman–Crippen LogP) is 3.61. The van der Waals surface area contributed by atoms with Crippen LogP contribution in [0, 0.1) is 0 Å². The van der Waals surface area contributed by atoms with E-state index in [-0.39, 0.29) is 11.3 Å². The van der Waals surface area contributed by atoms with Crippen LogP contribution in [-0.2, 0) is 6.42 Å². The number of amides is 1. The van der Waals surface area contributed by atoms with E-state index in [1.807, 2.05) is 48.5 Å². The van der Waals surface area contributed by atoms with Crippen molar-refractivity contribution >= 4 is 17.3 Å². The molecule has 3 aromatic rings. The number of nitrogens with zero attached hydrogens (tertiary/aromatic N) is 2. The van der Waals surface area contributed by atoms with Crippen molar-refractivity contribution in [1.82, 2.24) is 9.97 Å². The molecule has 2 N–H and O–H groups in total. The fourth-order valence-corrected chi connectivity index (χ4v) is 3.75. The molecule has 1 fully saturated rings. The minimum absolute atomic E-state index is 0.0902. The van der Waals surface area contributed by atoms with Crippen LogP contribution in [0.3, 0.4) is 0 Å². The Morgan fingerprint density at radius 2 is 1.77 bits per heavy atom. The minimum atomic E-state index is -0.409. The Kier molecular flexibility index (Phi) is 6.31. The first-order chi connectivity index (χ1) is 15.1. The van der Waals surface area contributed by atoms with Crippen molar-refractivity contribution in [3.05, 3.63) is 82.0 Å². The smallest absolute Gasteiger partial charge is 0.274 e. The Balaban J connectivity index is 1.44. The summed E-state index contributed by atoms with van der Waals surface area (Å²) < 4.78 is 5.16. The highest BCUT2D eigenvalue weighted by Crippen LogP contribution is 2.22. The van der Waals surface area contributed by atoms with E-state index in [9.17, 15) is 9.59 Å². The maximum absolute atomic E-state index is 12.7. The molecule has 1 saturated heterocycles. The zero-order valence-electron chi connectivity index (χ0n) is 17.6. The van der Waals surface area contributed by atoms with Crippen LogP contribution in [-0.4, -0.2) is 36.1 Å². The third-order valence-corrected chi connectivity index (χ3v) is 5.40. The molecule has 4 rings (SSSR count). The monoisotopic (exact) mass is 418 g/mol. The fourth-order valence-electron chi connectivity index (χ4n) is 3.75. The molecule has 1 amide bonds. The van der Waals surface area contributed by atoms with Crippen molar-refractivity contribution < 1.29 is 9.53 Å². The van der Waals surface area contributed by atoms with Crippen LogP contribution in [0.2, 0.25) is 0 Å². The summed E-state index contributed by atoms with van der Waals surface area (Å²) in [6, 6.07) is 16.5. The SMILES string of the molecule is COc1ccc(Cc2nc(C(=O)Nc3ccc(N4CCCCC4)cc3)cc(=O)[nH]2)cc1. The molecule has 1 aliphatic rings. The minimum Gasteiger partial charge on any atom is -0.497 e. The third kappa shape index (κ3) is 5.31. The van der Waals surface area contributed by atoms with E-state index in [0.717, 1.165) is 30.1 Å². The lowest BCUT2D eigenvalue weighted by molar-refractivity contribution is 0.102. The normalized spacial score (nSPS) is 13.6. The standard InChI is InChI=1S/C24H26N4O3/c1-31-20-11-5-17(6-12-20)15-22-26-21(16-23(29)27-22)24(30)25-18-7-9-19(10-8-18)28-13-3-2-4-14-28/h5-12,16H,2-4,13-15H2,1H3,(H,25,30)(H,26,27,29). The molecule has 7 heteroatoms. The second-order valence-corrected chi connectivity index (χ2v) is 7.65. The number of benzene rings is 2. The predicted molar refractivity (Wildman–Crippen MR) is 121 cm³/mol. The number of nitrogens with one attached hydrogen (secondary N) is 2. The van der Waals surface area contributed by atoms with Gasteiger partial charge in [-0.2, -0.15) is 0 Å². The molecular weight excluding hydrogens is 392 g/mol. The Bertz CT molecular complexity index is 1090. The van der Waals surface area contributed by atoms with Crippen LogP contribution in [0.4, 0.5) is 11.4 Å². The summed E-state index contributed by atoms with van der Waals surface area (Å²) >= 11 is 0. The first kappa shape index (κ1) is 20.7. The highest BCUT2D eigenvalue weighted by molar-refractivity contribution is 6.02. The van der Waals surface area contributed by atoms with Gasteiger partial charge >= 0.3 is 0 Å². The number of aromatic nitrogens is 2. The molecule has 31 heavy (non-hydrogen) atoms. The van der Waals surface area contributed by atoms with Gasteiger partial charge in [0.15, 0.2) is 0 Å². The zero-order chi connectivity index (χ0) is 21.6. The molecule has 0 atom stereocenters. The summed E-state index contributed by atoms with van der Waals surface area (Å²) in [5.41, 5.74) is 2.52. The van der Waals surface area contributed by atoms with Crippen LogP contribution in [0.25, 0.3) is 0 Å². The van der Waals surface area contributed by atoms with Crippen molar-refractivity contribution in [3.63, 3.8) is 0 Å². The van der Waals surface area contributed by atoms with Gasteiger partial charge in [0.2, 0.25) is 0 Å². The molecular formula is C24H26N4O3. The topological polar surface area (TPSA) is 87.3 Å². The number of carbonyl (C=O) groups is 1. The van der Waals surface area contributed by atoms with E-state index >= 15 is 0 Å². The van der Waals surface area contributed by atoms with E-state index < -0.39 is 5.91 Å². The van der Waals surface area contributed by atoms with E-state index in [1.54, 1.807) is 7.11 Å². The van der Waals surface area contributed by atoms with Gasteiger partial charge in [0.05, 0.1) is 7.11 Å². The number of H-pyrrole nitrogens is 1. The number of methoxy groups -OCH3 is 1. The van der Waals surface area contributed by atoms with E-state index in [4.69, 9.17) is 4.74 Å². The molecule has 7 nitrogen and oxygen atoms in total. The van der Waals surface area contributed by atoms with Crippen molar-refractivity contribution in [2.75, 3.05) is 30.4 Å². The van der Waals surface area contributed by atoms with Crippen molar-refractivity contribution in [2.45, 2.75) is 25.7 Å². The lowest BCUT2D eigenvalue weighted by atomic mass is 10.1. The summed E-state index contributed by atoms with van der Waals surface area (Å²) in [5, 5.41) is 2.83. The number of rotatable bonds is 6. The highest BCUT2D eigenvalue weighted by atomic mass is 16.5. The fraction of sp³-hybridized carbons (Fsp3) is 0.292. The molecule has 0 spiro atoms. The second kappa shape index (κ2) is 9.47. The Labute approximate surface area is 181 Å². The molecule has 1 aromatic heterocycles. The van der Waals surface area contributed by atoms with Crippen LogP contribution in [0.1, 0.15) is 41.1 Å². The molecule has 2 aromatic carbocycles. The molecule has 0 unspecified atom stereocenters. The summed E-state index contributed by atoms with van der Waals surface area (Å²) in [6.07, 6.45) is 4.12. The van der Waals surface area contributed by atoms with Crippen LogP contribution < -0.4 is 20.5 Å². The number of carbonyl (C=O) groups excluding carboxylic acids is 1. The summed E-state index contributed by atoms with van der Waals surface area (Å²) in [7, 11) is 1.61. The summed E-state index contributed by atoms with van der Waals surface area (Å²) in [4.78, 5) is 34.2. The van der Waals surface area contributed by atoms with Gasteiger partial charge < -0.3 is 19.9 Å². The largest absolute Gasteiger partial charge is 0.497 e. The molecule has 2 heterocycles. The molecule has 0 radical (unpaired) electrons. The van der Waals surface area contributed by atoms with E-state index in [2.05, 4.69) is 20.2 Å². The van der Waals surface area contributed by atoms with Crippen molar-refractivity contribution in [2.24, 2.45) is 0 Å². The van der Waals surface area contributed by atoms with Crippen molar-refractivity contribution in [1.29, 1.82) is 0 Å². The average Bonchev–Trinajstić information content (AvgIpc) is 2.80. The Morgan fingerprint density at radius 1 is 1.06 bits per heavy atom. The number of aromatic amines is 1. The van der Waals surface area contributed by atoms with E-state index in [1.165, 1.54) is 25.3 Å². The lowest BCUT2D eigenvalue weighted by Gasteiger charge is -2.28. The first-order valence-corrected chi connectivity index (χ1v) is 10.5. The number of hydrogen-bond donors (Lipinski definition) is 2. The van der Waals surface area contributed by atoms with E-state index in [0.29, 0.717) is 17.9 Å². The molecule has 0 bridgehead atoms. The first-order valence-electron chi connectivity index (χ1n) is 10.5. The maximum atomic E-state index is 12.7. The van der Waals surface area contributed by atoms with Gasteiger partial charge in [-0.05, 0) is 61.2 Å². The number of anilines is 2. The van der Waals surface area contributed by atoms with Gasteiger partial charge in [-0.1, -0.05) is 12.1 Å². The summed E-state index contributed by atoms with van der Waals surface area (Å²) in [5.74, 6) is 0.778. The zero-order valence-corrected chi connectivity index (χ0v) is 17.6. The highest BCUT2D eigenvalue weighted by Gasteiger charge is 2.13. The lowest BCUT2D eigenvalue weighted by Crippen LogP contribution is -2.29. The molecule has 0 saturated carbocycles. The van der Waals surface area contributed by atoms with Gasteiger partial charge in [-0.3, -0.25) is 9.59 Å². The van der Waals surface area contributed by atoms with Gasteiger partial charge in [0.25, 0.3) is 11.5 Å². The van der Waals surface area contributed by atoms with Crippen molar-refractivity contribution in [3.8, 4) is 5.75 Å². The molecule has 160 valence electrons. The summed E-state index contributed by atoms with van der Waals surface area (Å²) in [6.45, 7) is 2.14. The molecule has 1 aliphatic heterocycles. The Morgan fingerprint density at radius 3 is 2.45 bits per heavy atom. The van der Waals surface area contributed by atoms with Crippen LogP contribution in [0.5, 0.6) is 5.75 Å². The van der Waals surface area contributed by atoms with Gasteiger partial charge in [-0.15, -0.1) is 0 Å². The number of piperidine rings is 1. The van der Waals surface area contributed by atoms with Gasteiger partial charge in [-0.25, -0.2) is 4.98 Å². The number of ether oxygens (including phenoxy) is 1. The van der Waals surface area contributed by atoms with Gasteiger partial charge in [0.1, 0.15) is 17.3 Å². The van der Waals surface area contributed by atoms with Gasteiger partial charge in [0, 0.05) is 37.0 Å². The second-order valence-electron chi connectivity index (χ2n) is 7.65. The maximum Gasteiger partial charge on any atom is 0.274 e.